The maximum atomic E-state index is 13.5. The van der Waals surface area contributed by atoms with E-state index in [2.05, 4.69) is 0 Å². The first-order valence-corrected chi connectivity index (χ1v) is 9.67. The molecule has 2 rings (SSSR count). The Morgan fingerprint density at radius 2 is 0.760 bits per heavy atom. The first-order chi connectivity index (χ1) is 11.4. The molecule has 2 aromatic carbocycles. The summed E-state index contributed by atoms with van der Waals surface area (Å²) >= 11 is 0. The molecule has 0 bridgehead atoms. The predicted molar refractivity (Wildman–Crippen MR) is 99.6 cm³/mol. The third kappa shape index (κ3) is 2.61. The zero-order valence-electron chi connectivity index (χ0n) is 16.1. The van der Waals surface area contributed by atoms with Gasteiger partial charge in [-0.2, -0.15) is 0 Å². The molecule has 0 unspecified atom stereocenters. The number of benzene rings is 2. The van der Waals surface area contributed by atoms with Gasteiger partial charge in [-0.1, -0.05) is 0 Å². The van der Waals surface area contributed by atoms with E-state index in [9.17, 15) is 18.6 Å². The molecular weight excluding hydrogens is 336 g/mol. The molecule has 4 nitrogen and oxygen atoms in total. The Labute approximate surface area is 150 Å². The van der Waals surface area contributed by atoms with Crippen LogP contribution in [0.1, 0.15) is 44.5 Å². The minimum absolute atomic E-state index is 0.00466. The van der Waals surface area contributed by atoms with Crippen LogP contribution in [-0.4, -0.2) is 18.6 Å². The third-order valence-corrected chi connectivity index (χ3v) is 7.87. The number of hydrogen-bond acceptors (Lipinski definition) is 4. The Morgan fingerprint density at radius 3 is 1.04 bits per heavy atom. The van der Waals surface area contributed by atoms with E-state index in [1.807, 2.05) is 0 Å². The molecule has 136 valence electrons. The van der Waals surface area contributed by atoms with Crippen LogP contribution in [0.25, 0.3) is 0 Å². The summed E-state index contributed by atoms with van der Waals surface area (Å²) in [5, 5.41) is 20.8. The second-order valence-corrected chi connectivity index (χ2v) is 8.68. The average molecular weight is 362 g/mol. The van der Waals surface area contributed by atoms with Gasteiger partial charge < -0.3 is 10.2 Å². The van der Waals surface area contributed by atoms with Gasteiger partial charge in [0, 0.05) is 11.1 Å². The highest BCUT2D eigenvalue weighted by Gasteiger charge is 2.31. The van der Waals surface area contributed by atoms with Crippen molar-refractivity contribution in [1.82, 2.24) is 0 Å². The Hall–Kier alpha value is -2.01. The maximum absolute atomic E-state index is 13.5. The molecule has 0 saturated carbocycles. The highest BCUT2D eigenvalue weighted by molar-refractivity contribution is 7.91. The fraction of sp³-hybridized carbons (Fsp3) is 0.400. The minimum Gasteiger partial charge on any atom is -0.507 e. The van der Waals surface area contributed by atoms with E-state index in [0.717, 1.165) is 11.1 Å². The van der Waals surface area contributed by atoms with Gasteiger partial charge in [-0.3, -0.25) is 0 Å². The van der Waals surface area contributed by atoms with Crippen molar-refractivity contribution in [3.63, 3.8) is 0 Å². The number of hydrogen-bond donors (Lipinski definition) is 2. The van der Waals surface area contributed by atoms with Crippen LogP contribution < -0.4 is 0 Å². The van der Waals surface area contributed by atoms with E-state index >= 15 is 0 Å². The van der Waals surface area contributed by atoms with Crippen molar-refractivity contribution in [2.75, 3.05) is 0 Å². The lowest BCUT2D eigenvalue weighted by Crippen LogP contribution is -2.13. The summed E-state index contributed by atoms with van der Waals surface area (Å²) in [4.78, 5) is 0.254. The van der Waals surface area contributed by atoms with Gasteiger partial charge in [0.05, 0.1) is 9.79 Å². The molecule has 0 spiro atoms. The lowest BCUT2D eigenvalue weighted by Gasteiger charge is -2.21. The topological polar surface area (TPSA) is 74.6 Å². The van der Waals surface area contributed by atoms with Crippen LogP contribution in [0.5, 0.6) is 11.5 Å². The van der Waals surface area contributed by atoms with Gasteiger partial charge in [0.2, 0.25) is 9.84 Å². The molecule has 2 aromatic rings. The predicted octanol–water partition coefficient (Wildman–Crippen LogP) is 4.40. The number of aromatic hydroxyl groups is 2. The molecule has 0 heterocycles. The van der Waals surface area contributed by atoms with Gasteiger partial charge >= 0.3 is 0 Å². The zero-order valence-corrected chi connectivity index (χ0v) is 16.9. The lowest BCUT2D eigenvalue weighted by atomic mass is 9.99. The number of rotatable bonds is 2. The van der Waals surface area contributed by atoms with Crippen LogP contribution in [-0.2, 0) is 9.84 Å². The highest BCUT2D eigenvalue weighted by atomic mass is 32.2. The molecule has 0 amide bonds. The van der Waals surface area contributed by atoms with Crippen molar-refractivity contribution in [2.45, 2.75) is 65.2 Å². The van der Waals surface area contributed by atoms with Crippen LogP contribution in [0.2, 0.25) is 0 Å². The van der Waals surface area contributed by atoms with Crippen molar-refractivity contribution in [3.05, 3.63) is 44.5 Å². The zero-order chi connectivity index (χ0) is 19.4. The number of phenolic OH excluding ortho intramolecular Hbond substituents is 2. The van der Waals surface area contributed by atoms with E-state index in [1.165, 1.54) is 0 Å². The maximum Gasteiger partial charge on any atom is 0.207 e. The molecule has 0 aromatic heterocycles. The van der Waals surface area contributed by atoms with Crippen molar-refractivity contribution < 1.29 is 18.6 Å². The van der Waals surface area contributed by atoms with Gasteiger partial charge in [-0.05, 0) is 88.8 Å². The first-order valence-electron chi connectivity index (χ1n) is 8.19. The molecule has 0 aliphatic heterocycles. The SMILES string of the molecule is Cc1c(C)c(O)c(C)c(S(=O)(=O)c2c(C)c(C)c(C)c(O)c2C)c1C. The van der Waals surface area contributed by atoms with Crippen molar-refractivity contribution in [2.24, 2.45) is 0 Å². The Balaban J connectivity index is 3.02. The summed E-state index contributed by atoms with van der Waals surface area (Å²) in [6, 6.07) is 0. The standard InChI is InChI=1S/C20H26O4S/c1-9-11(3)17(21)15(7)19(13(9)5)25(23,24)20-14(6)10(2)12(4)18(22)16(20)8/h21-22H,1-8H3. The van der Waals surface area contributed by atoms with E-state index in [4.69, 9.17) is 0 Å². The first kappa shape index (κ1) is 19.3. The number of phenols is 2. The largest absolute Gasteiger partial charge is 0.507 e. The summed E-state index contributed by atoms with van der Waals surface area (Å²) in [5.74, 6) is 0.00933. The normalized spacial score (nSPS) is 11.8. The smallest absolute Gasteiger partial charge is 0.207 e. The van der Waals surface area contributed by atoms with Crippen molar-refractivity contribution in [3.8, 4) is 11.5 Å². The summed E-state index contributed by atoms with van der Waals surface area (Å²) < 4.78 is 27.1. The van der Waals surface area contributed by atoms with Crippen LogP contribution in [0, 0.1) is 55.4 Å². The Bertz CT molecular complexity index is 866. The molecule has 0 aliphatic carbocycles. The Morgan fingerprint density at radius 1 is 0.480 bits per heavy atom. The fourth-order valence-corrected chi connectivity index (χ4v) is 5.82. The molecule has 25 heavy (non-hydrogen) atoms. The van der Waals surface area contributed by atoms with Gasteiger partial charge in [0.1, 0.15) is 11.5 Å². The summed E-state index contributed by atoms with van der Waals surface area (Å²) in [5.41, 5.74) is 4.83. The fourth-order valence-electron chi connectivity index (χ4n) is 3.51. The summed E-state index contributed by atoms with van der Waals surface area (Å²) in [6.07, 6.45) is 0. The van der Waals surface area contributed by atoms with E-state index in [1.54, 1.807) is 55.4 Å². The molecule has 0 atom stereocenters. The van der Waals surface area contributed by atoms with E-state index < -0.39 is 9.84 Å². The van der Waals surface area contributed by atoms with Gasteiger partial charge in [0.25, 0.3) is 0 Å². The quantitative estimate of drug-likeness (QED) is 0.830. The van der Waals surface area contributed by atoms with E-state index in [0.29, 0.717) is 33.4 Å². The summed E-state index contributed by atoms with van der Waals surface area (Å²) in [6.45, 7) is 13.9. The molecule has 5 heteroatoms. The van der Waals surface area contributed by atoms with Crippen LogP contribution >= 0.6 is 0 Å². The molecule has 0 radical (unpaired) electrons. The monoisotopic (exact) mass is 362 g/mol. The van der Waals surface area contributed by atoms with Crippen molar-refractivity contribution >= 4 is 9.84 Å². The van der Waals surface area contributed by atoms with Crippen LogP contribution in [0.3, 0.4) is 0 Å². The highest BCUT2D eigenvalue weighted by Crippen LogP contribution is 2.41. The second kappa shape index (κ2) is 6.06. The van der Waals surface area contributed by atoms with Crippen molar-refractivity contribution in [1.29, 1.82) is 0 Å². The number of sulfone groups is 1. The van der Waals surface area contributed by atoms with Gasteiger partial charge in [0.15, 0.2) is 0 Å². The molecular formula is C20H26O4S. The van der Waals surface area contributed by atoms with Crippen LogP contribution in [0.15, 0.2) is 9.79 Å². The molecule has 0 saturated heterocycles. The van der Waals surface area contributed by atoms with E-state index in [-0.39, 0.29) is 21.3 Å². The second-order valence-electron chi connectivity index (χ2n) is 6.86. The third-order valence-electron chi connectivity index (χ3n) is 5.57. The molecule has 2 N–H and O–H groups in total. The van der Waals surface area contributed by atoms with Crippen LogP contribution in [0.4, 0.5) is 0 Å². The van der Waals surface area contributed by atoms with Gasteiger partial charge in [-0.25, -0.2) is 8.42 Å². The minimum atomic E-state index is -3.91. The molecule has 0 fully saturated rings. The summed E-state index contributed by atoms with van der Waals surface area (Å²) in [7, 11) is -3.91. The van der Waals surface area contributed by atoms with Gasteiger partial charge in [-0.15, -0.1) is 0 Å². The molecule has 0 aliphatic rings. The average Bonchev–Trinajstić information content (AvgIpc) is 2.54. The Kier molecular flexibility index (Phi) is 4.68. The lowest BCUT2D eigenvalue weighted by molar-refractivity contribution is 0.462.